The monoisotopic (exact) mass is 483 g/mol. The maximum Gasteiger partial charge on any atom is 0.407 e. The highest BCUT2D eigenvalue weighted by atomic mass is 35.5. The van der Waals surface area contributed by atoms with Crippen LogP contribution in [0.5, 0.6) is 0 Å². The van der Waals surface area contributed by atoms with Crippen LogP contribution in [0.4, 0.5) is 4.79 Å². The molecule has 0 spiro atoms. The van der Waals surface area contributed by atoms with Gasteiger partial charge in [0.2, 0.25) is 0 Å². The molecule has 0 saturated heterocycles. The predicted octanol–water partition coefficient (Wildman–Crippen LogP) is 6.31. The third-order valence-corrected chi connectivity index (χ3v) is 6.45. The number of amides is 1. The number of carboxylic acid groups (broad SMARTS) is 1. The van der Waals surface area contributed by atoms with Gasteiger partial charge in [0.25, 0.3) is 0 Å². The van der Waals surface area contributed by atoms with E-state index in [9.17, 15) is 9.59 Å². The molecule has 5 nitrogen and oxygen atoms in total. The molecule has 0 aromatic heterocycles. The Morgan fingerprint density at radius 2 is 1.61 bits per heavy atom. The van der Waals surface area contributed by atoms with Gasteiger partial charge in [-0.25, -0.2) is 4.79 Å². The highest BCUT2D eigenvalue weighted by Gasteiger charge is 2.29. The second kappa shape index (κ2) is 10.3. The minimum atomic E-state index is -0.938. The molecule has 0 heterocycles. The molecule has 1 amide bonds. The molecular weight excluding hydrogens is 461 g/mol. The fourth-order valence-corrected chi connectivity index (χ4v) is 4.68. The second-order valence-electron chi connectivity index (χ2n) is 8.04. The summed E-state index contributed by atoms with van der Waals surface area (Å²) in [7, 11) is 0. The molecule has 3 aromatic carbocycles. The Hall–Kier alpha value is -3.02. The topological polar surface area (TPSA) is 75.6 Å². The Kier molecular flexibility index (Phi) is 7.21. The molecule has 2 N–H and O–H groups in total. The van der Waals surface area contributed by atoms with E-state index < -0.39 is 18.1 Å². The first-order valence-electron chi connectivity index (χ1n) is 10.7. The normalized spacial score (nSPS) is 13.2. The SMILES string of the molecule is O=C(O)CCC(Cc1cc(Cl)ccc1Cl)NC(=O)OCC1c2ccccc2-c2ccccc21. The van der Waals surface area contributed by atoms with Gasteiger partial charge in [-0.05, 0) is 58.9 Å². The lowest BCUT2D eigenvalue weighted by Gasteiger charge is -2.20. The summed E-state index contributed by atoms with van der Waals surface area (Å²) < 4.78 is 5.61. The van der Waals surface area contributed by atoms with Gasteiger partial charge in [0.05, 0.1) is 0 Å². The third kappa shape index (κ3) is 5.49. The largest absolute Gasteiger partial charge is 0.481 e. The Morgan fingerprint density at radius 1 is 0.970 bits per heavy atom. The van der Waals surface area contributed by atoms with E-state index in [0.717, 1.165) is 27.8 Å². The molecule has 0 saturated carbocycles. The molecule has 7 heteroatoms. The maximum atomic E-state index is 12.7. The van der Waals surface area contributed by atoms with Crippen molar-refractivity contribution in [1.82, 2.24) is 5.32 Å². The first-order valence-corrected chi connectivity index (χ1v) is 11.4. The number of halogens is 2. The third-order valence-electron chi connectivity index (χ3n) is 5.85. The van der Waals surface area contributed by atoms with E-state index in [1.807, 2.05) is 24.3 Å². The van der Waals surface area contributed by atoms with Crippen molar-refractivity contribution in [3.8, 4) is 11.1 Å². The van der Waals surface area contributed by atoms with Crippen LogP contribution in [0.15, 0.2) is 66.7 Å². The van der Waals surface area contributed by atoms with Crippen LogP contribution < -0.4 is 5.32 Å². The van der Waals surface area contributed by atoms with Crippen LogP contribution in [-0.4, -0.2) is 29.8 Å². The maximum absolute atomic E-state index is 12.7. The summed E-state index contributed by atoms with van der Waals surface area (Å²) in [5.74, 6) is -0.991. The van der Waals surface area contributed by atoms with Gasteiger partial charge in [0.1, 0.15) is 6.61 Å². The predicted molar refractivity (Wildman–Crippen MR) is 129 cm³/mol. The average molecular weight is 484 g/mol. The molecule has 33 heavy (non-hydrogen) atoms. The van der Waals surface area contributed by atoms with Crippen molar-refractivity contribution in [2.45, 2.75) is 31.2 Å². The van der Waals surface area contributed by atoms with Crippen LogP contribution in [0, 0.1) is 0 Å². The van der Waals surface area contributed by atoms with Crippen LogP contribution in [0.1, 0.15) is 35.4 Å². The zero-order chi connectivity index (χ0) is 23.4. The molecule has 4 rings (SSSR count). The zero-order valence-electron chi connectivity index (χ0n) is 17.8. The molecule has 0 fully saturated rings. The van der Waals surface area contributed by atoms with E-state index in [2.05, 4.69) is 29.6 Å². The van der Waals surface area contributed by atoms with Gasteiger partial charge in [-0.3, -0.25) is 4.79 Å². The van der Waals surface area contributed by atoms with Crippen LogP contribution in [0.3, 0.4) is 0 Å². The molecule has 3 aromatic rings. The summed E-state index contributed by atoms with van der Waals surface area (Å²) in [6.45, 7) is 0.184. The number of carbonyl (C=O) groups is 2. The zero-order valence-corrected chi connectivity index (χ0v) is 19.3. The van der Waals surface area contributed by atoms with Crippen molar-refractivity contribution in [2.24, 2.45) is 0 Å². The highest BCUT2D eigenvalue weighted by molar-refractivity contribution is 6.33. The van der Waals surface area contributed by atoms with E-state index >= 15 is 0 Å². The molecular formula is C26H23Cl2NO4. The molecule has 170 valence electrons. The van der Waals surface area contributed by atoms with Gasteiger partial charge in [-0.1, -0.05) is 71.7 Å². The molecule has 0 aliphatic heterocycles. The highest BCUT2D eigenvalue weighted by Crippen LogP contribution is 2.44. The first kappa shape index (κ1) is 23.1. The minimum Gasteiger partial charge on any atom is -0.481 e. The van der Waals surface area contributed by atoms with Crippen molar-refractivity contribution in [1.29, 1.82) is 0 Å². The summed E-state index contributed by atoms with van der Waals surface area (Å²) >= 11 is 12.3. The number of carbonyl (C=O) groups excluding carboxylic acids is 1. The lowest BCUT2D eigenvalue weighted by Crippen LogP contribution is -2.38. The van der Waals surface area contributed by atoms with Crippen LogP contribution >= 0.6 is 23.2 Å². The van der Waals surface area contributed by atoms with Crippen molar-refractivity contribution >= 4 is 35.3 Å². The van der Waals surface area contributed by atoms with Gasteiger partial charge >= 0.3 is 12.1 Å². The molecule has 1 unspecified atom stereocenters. The minimum absolute atomic E-state index is 0.0528. The molecule has 0 radical (unpaired) electrons. The summed E-state index contributed by atoms with van der Waals surface area (Å²) in [5.41, 5.74) is 5.28. The number of nitrogens with one attached hydrogen (secondary N) is 1. The van der Waals surface area contributed by atoms with Crippen molar-refractivity contribution in [3.05, 3.63) is 93.5 Å². The number of hydrogen-bond donors (Lipinski definition) is 2. The van der Waals surface area contributed by atoms with Gasteiger partial charge in [-0.15, -0.1) is 0 Å². The molecule has 1 aliphatic rings. The van der Waals surface area contributed by atoms with E-state index in [1.54, 1.807) is 18.2 Å². The second-order valence-corrected chi connectivity index (χ2v) is 8.88. The standard InChI is InChI=1S/C26H23Cl2NO4/c27-17-9-11-24(28)16(13-17)14-18(10-12-25(30)31)29-26(32)33-15-23-21-7-3-1-5-19(21)20-6-2-4-8-22(20)23/h1-9,11,13,18,23H,10,12,14-15H2,(H,29,32)(H,30,31). The molecule has 0 bridgehead atoms. The Bertz CT molecular complexity index is 1130. The fraction of sp³-hybridized carbons (Fsp3) is 0.231. The van der Waals surface area contributed by atoms with Crippen molar-refractivity contribution < 1.29 is 19.4 Å². The number of aliphatic carboxylic acids is 1. The lowest BCUT2D eigenvalue weighted by atomic mass is 9.98. The van der Waals surface area contributed by atoms with Crippen molar-refractivity contribution in [2.75, 3.05) is 6.61 Å². The van der Waals surface area contributed by atoms with Crippen LogP contribution in [-0.2, 0) is 16.0 Å². The average Bonchev–Trinajstić information content (AvgIpc) is 3.12. The quantitative estimate of drug-likeness (QED) is 0.393. The number of ether oxygens (including phenoxy) is 1. The van der Waals surface area contributed by atoms with E-state index in [4.69, 9.17) is 33.0 Å². The van der Waals surface area contributed by atoms with E-state index in [-0.39, 0.29) is 25.4 Å². The number of carboxylic acids is 1. The summed E-state index contributed by atoms with van der Waals surface area (Å²) in [6.07, 6.45) is -0.100. The smallest absolute Gasteiger partial charge is 0.407 e. The van der Waals surface area contributed by atoms with Gasteiger partial charge < -0.3 is 15.2 Å². The van der Waals surface area contributed by atoms with Crippen LogP contribution in [0.2, 0.25) is 10.0 Å². The fourth-order valence-electron chi connectivity index (χ4n) is 4.29. The lowest BCUT2D eigenvalue weighted by molar-refractivity contribution is -0.137. The number of fused-ring (bicyclic) bond motifs is 3. The Balaban J connectivity index is 1.44. The van der Waals surface area contributed by atoms with E-state index in [1.165, 1.54) is 0 Å². The number of alkyl carbamates (subject to hydrolysis) is 1. The summed E-state index contributed by atoms with van der Waals surface area (Å²) in [5, 5.41) is 12.9. The number of hydrogen-bond acceptors (Lipinski definition) is 3. The number of rotatable bonds is 8. The van der Waals surface area contributed by atoms with Crippen molar-refractivity contribution in [3.63, 3.8) is 0 Å². The summed E-state index contributed by atoms with van der Waals surface area (Å²) in [6, 6.07) is 20.8. The Labute approximate surface area is 202 Å². The van der Waals surface area contributed by atoms with Gasteiger partial charge in [-0.2, -0.15) is 0 Å². The van der Waals surface area contributed by atoms with E-state index in [0.29, 0.717) is 16.5 Å². The van der Waals surface area contributed by atoms with Gasteiger partial charge in [0, 0.05) is 28.4 Å². The van der Waals surface area contributed by atoms with Crippen LogP contribution in [0.25, 0.3) is 11.1 Å². The number of benzene rings is 3. The first-order chi connectivity index (χ1) is 15.9. The molecule has 1 atom stereocenters. The summed E-state index contributed by atoms with van der Waals surface area (Å²) in [4.78, 5) is 23.8. The molecule has 1 aliphatic carbocycles. The Morgan fingerprint density at radius 3 is 2.24 bits per heavy atom. The van der Waals surface area contributed by atoms with Gasteiger partial charge in [0.15, 0.2) is 0 Å².